The van der Waals surface area contributed by atoms with Gasteiger partial charge in [0.15, 0.2) is 0 Å². The molecule has 0 amide bonds. The molecule has 2 N–H and O–H groups in total. The third-order valence-electron chi connectivity index (χ3n) is 8.21. The fourth-order valence-electron chi connectivity index (χ4n) is 6.00. The number of hydrogen-bond acceptors (Lipinski definition) is 7. The molecular weight excluding hydrogens is 599 g/mol. The topological polar surface area (TPSA) is 158 Å². The van der Waals surface area contributed by atoms with Gasteiger partial charge < -0.3 is 10.1 Å². The Labute approximate surface area is 251 Å². The summed E-state index contributed by atoms with van der Waals surface area (Å²) in [5, 5.41) is 22.1. The summed E-state index contributed by atoms with van der Waals surface area (Å²) < 4.78 is 62.4. The molecule has 1 aliphatic heterocycles. The van der Waals surface area contributed by atoms with E-state index < -0.39 is 28.2 Å². The molecule has 0 radical (unpaired) electrons. The van der Waals surface area contributed by atoms with Crippen LogP contribution in [0.2, 0.25) is 0 Å². The number of hydrogen-bond donors (Lipinski definition) is 2. The lowest BCUT2D eigenvalue weighted by Gasteiger charge is -2.40. The van der Waals surface area contributed by atoms with Crippen LogP contribution in [0.15, 0.2) is 60.1 Å². The highest BCUT2D eigenvalue weighted by Gasteiger charge is 2.38. The number of nitriles is 1. The maximum atomic E-state index is 13.6. The third-order valence-corrected chi connectivity index (χ3v) is 10.1. The number of halogens is 3. The first-order chi connectivity index (χ1) is 21.0. The first kappa shape index (κ1) is 31.1. The molecule has 2 aliphatic rings. The molecule has 232 valence electrons. The van der Waals surface area contributed by atoms with Gasteiger partial charge in [-0.3, -0.25) is 4.68 Å². The lowest BCUT2D eigenvalue weighted by Crippen LogP contribution is -2.44. The van der Waals surface area contributed by atoms with E-state index in [1.807, 2.05) is 24.5 Å². The number of nitrogens with one attached hydrogen (secondary N) is 1. The number of aliphatic carboxylic acids is 1. The number of alkyl halides is 3. The van der Waals surface area contributed by atoms with Gasteiger partial charge in [0.2, 0.25) is 10.0 Å². The largest absolute Gasteiger partial charge is 0.490 e. The lowest BCUT2D eigenvalue weighted by molar-refractivity contribution is -0.192. The van der Waals surface area contributed by atoms with E-state index in [1.54, 1.807) is 33.4 Å². The summed E-state index contributed by atoms with van der Waals surface area (Å²) in [7, 11) is -3.62. The summed E-state index contributed by atoms with van der Waals surface area (Å²) in [6.07, 6.45) is 7.69. The van der Waals surface area contributed by atoms with Crippen molar-refractivity contribution in [1.29, 1.82) is 5.26 Å². The smallest absolute Gasteiger partial charge is 0.475 e. The van der Waals surface area contributed by atoms with Crippen molar-refractivity contribution in [3.63, 3.8) is 0 Å². The van der Waals surface area contributed by atoms with Crippen LogP contribution in [0.5, 0.6) is 0 Å². The van der Waals surface area contributed by atoms with Crippen LogP contribution in [0.4, 0.5) is 13.2 Å². The van der Waals surface area contributed by atoms with Crippen LogP contribution in [0, 0.1) is 23.2 Å². The van der Waals surface area contributed by atoms with Gasteiger partial charge in [-0.25, -0.2) is 23.2 Å². The zero-order chi connectivity index (χ0) is 31.5. The summed E-state index contributed by atoms with van der Waals surface area (Å²) >= 11 is 0. The Hall–Kier alpha value is -4.29. The van der Waals surface area contributed by atoms with Gasteiger partial charge in [-0.15, -0.1) is 0 Å². The number of carboxylic acid groups (broad SMARTS) is 1. The number of piperidine rings is 1. The predicted octanol–water partition coefficient (Wildman–Crippen LogP) is 5.16. The molecule has 15 heteroatoms. The molecule has 3 atom stereocenters. The van der Waals surface area contributed by atoms with Gasteiger partial charge in [-0.05, 0) is 48.4 Å². The highest BCUT2D eigenvalue weighted by molar-refractivity contribution is 7.89. The van der Waals surface area contributed by atoms with Gasteiger partial charge in [0.25, 0.3) is 0 Å². The van der Waals surface area contributed by atoms with Gasteiger partial charge in [0.05, 0.1) is 35.3 Å². The van der Waals surface area contributed by atoms with Crippen molar-refractivity contribution < 1.29 is 31.5 Å². The van der Waals surface area contributed by atoms with Crippen molar-refractivity contribution in [2.24, 2.45) is 11.8 Å². The van der Waals surface area contributed by atoms with Crippen molar-refractivity contribution in [3.05, 3.63) is 60.8 Å². The molecule has 3 unspecified atom stereocenters. The quantitative estimate of drug-likeness (QED) is 0.296. The number of rotatable bonds is 6. The number of H-pyrrole nitrogens is 1. The van der Waals surface area contributed by atoms with Crippen LogP contribution in [-0.4, -0.2) is 67.8 Å². The molecule has 3 aromatic heterocycles. The number of carbonyl (C=O) groups is 1. The molecule has 0 bridgehead atoms. The van der Waals surface area contributed by atoms with E-state index in [2.05, 4.69) is 26.1 Å². The molecule has 1 aliphatic carbocycles. The lowest BCUT2D eigenvalue weighted by atomic mass is 9.76. The molecule has 0 spiro atoms. The molecule has 4 heterocycles. The molecule has 4 aromatic rings. The van der Waals surface area contributed by atoms with E-state index in [4.69, 9.17) is 9.90 Å². The molecule has 1 saturated heterocycles. The monoisotopic (exact) mass is 629 g/mol. The fraction of sp³-hybridized carbons (Fsp3) is 0.414. The number of aromatic amines is 1. The van der Waals surface area contributed by atoms with Gasteiger partial charge in [-0.2, -0.15) is 27.8 Å². The van der Waals surface area contributed by atoms with E-state index in [1.165, 1.54) is 25.6 Å². The van der Waals surface area contributed by atoms with Crippen LogP contribution >= 0.6 is 0 Å². The molecule has 11 nitrogen and oxygen atoms in total. The van der Waals surface area contributed by atoms with E-state index >= 15 is 0 Å². The minimum absolute atomic E-state index is 0.154. The summed E-state index contributed by atoms with van der Waals surface area (Å²) in [4.78, 5) is 20.9. The highest BCUT2D eigenvalue weighted by Crippen LogP contribution is 2.38. The maximum Gasteiger partial charge on any atom is 0.490 e. The Kier molecular flexibility index (Phi) is 9.02. The Morgan fingerprint density at radius 2 is 1.91 bits per heavy atom. The molecule has 1 aromatic carbocycles. The molecular formula is C29H30F3N7O4S. The van der Waals surface area contributed by atoms with Gasteiger partial charge in [0, 0.05) is 36.4 Å². The normalized spacial score (nSPS) is 19.8. The SMILES string of the molecule is N#CCC(c1cccc(S(=O)(=O)N2CCC3CCCCC3C2)c1)n1cc(-c2ncnc3[nH]ccc23)cn1.O=C(O)C(F)(F)F. The minimum atomic E-state index is -5.08. The minimum Gasteiger partial charge on any atom is -0.475 e. The molecule has 44 heavy (non-hydrogen) atoms. The van der Waals surface area contributed by atoms with Gasteiger partial charge in [0.1, 0.15) is 12.0 Å². The summed E-state index contributed by atoms with van der Waals surface area (Å²) in [6.45, 7) is 1.18. The van der Waals surface area contributed by atoms with Crippen LogP contribution in [-0.2, 0) is 14.8 Å². The van der Waals surface area contributed by atoms with E-state index in [-0.39, 0.29) is 11.3 Å². The average molecular weight is 630 g/mol. The Balaban J connectivity index is 0.000000493. The number of nitrogens with zero attached hydrogens (tertiary/aromatic N) is 6. The van der Waals surface area contributed by atoms with Gasteiger partial charge in [-0.1, -0.05) is 31.4 Å². The predicted molar refractivity (Wildman–Crippen MR) is 152 cm³/mol. The fourth-order valence-corrected chi connectivity index (χ4v) is 7.57. The van der Waals surface area contributed by atoms with E-state index in [9.17, 15) is 26.9 Å². The van der Waals surface area contributed by atoms with Crippen LogP contribution in [0.25, 0.3) is 22.3 Å². The van der Waals surface area contributed by atoms with Gasteiger partial charge >= 0.3 is 12.1 Å². The van der Waals surface area contributed by atoms with Crippen LogP contribution in [0.1, 0.15) is 50.1 Å². The summed E-state index contributed by atoms with van der Waals surface area (Å²) in [5.74, 6) is -1.64. The summed E-state index contributed by atoms with van der Waals surface area (Å²) in [5.41, 5.74) is 3.02. The number of benzene rings is 1. The molecule has 6 rings (SSSR count). The second-order valence-electron chi connectivity index (χ2n) is 10.9. The van der Waals surface area contributed by atoms with Crippen molar-refractivity contribution in [2.75, 3.05) is 13.1 Å². The highest BCUT2D eigenvalue weighted by atomic mass is 32.2. The standard InChI is InChI=1S/C27H29N7O2S.C2HF3O2/c28-11-8-25(34-17-22(15-32-34)26-24-9-12-29-27(24)31-18-30-26)20-6-3-7-23(14-20)37(35,36)33-13-10-19-4-1-2-5-21(19)16-33;3-2(4,5)1(6)7/h3,6-7,9,12,14-15,17-19,21,25H,1-2,4-5,8,10,13,16H2,(H,29,30,31);(H,6,7). The summed E-state index contributed by atoms with van der Waals surface area (Å²) in [6, 6.07) is 10.7. The third kappa shape index (κ3) is 6.61. The second kappa shape index (κ2) is 12.7. The Morgan fingerprint density at radius 3 is 2.64 bits per heavy atom. The van der Waals surface area contributed by atoms with Crippen LogP contribution in [0.3, 0.4) is 0 Å². The first-order valence-corrected chi connectivity index (χ1v) is 15.5. The van der Waals surface area contributed by atoms with Crippen molar-refractivity contribution in [1.82, 2.24) is 29.0 Å². The van der Waals surface area contributed by atoms with E-state index in [0.717, 1.165) is 40.7 Å². The molecule has 1 saturated carbocycles. The Morgan fingerprint density at radius 1 is 1.16 bits per heavy atom. The maximum absolute atomic E-state index is 13.6. The first-order valence-electron chi connectivity index (χ1n) is 14.1. The average Bonchev–Trinajstić information content (AvgIpc) is 3.70. The molecule has 2 fully saturated rings. The van der Waals surface area contributed by atoms with E-state index in [0.29, 0.717) is 24.9 Å². The number of aromatic nitrogens is 5. The van der Waals surface area contributed by atoms with Crippen LogP contribution < -0.4 is 0 Å². The van der Waals surface area contributed by atoms with Crippen molar-refractivity contribution in [2.45, 2.75) is 55.6 Å². The Bertz CT molecular complexity index is 1780. The van der Waals surface area contributed by atoms with Crippen molar-refractivity contribution >= 4 is 27.0 Å². The van der Waals surface area contributed by atoms with Crippen molar-refractivity contribution in [3.8, 4) is 17.3 Å². The number of sulfonamides is 1. The zero-order valence-electron chi connectivity index (χ0n) is 23.5. The number of carboxylic acids is 1. The zero-order valence-corrected chi connectivity index (χ0v) is 24.3. The second-order valence-corrected chi connectivity index (χ2v) is 12.8. The number of fused-ring (bicyclic) bond motifs is 2.